The summed E-state index contributed by atoms with van der Waals surface area (Å²) in [7, 11) is 0. The van der Waals surface area contributed by atoms with Crippen molar-refractivity contribution >= 4 is 17.5 Å². The Morgan fingerprint density at radius 3 is 2.67 bits per heavy atom. The van der Waals surface area contributed by atoms with Crippen LogP contribution < -0.4 is 0 Å². The van der Waals surface area contributed by atoms with Crippen LogP contribution in [-0.4, -0.2) is 26.0 Å². The first-order valence-corrected chi connectivity index (χ1v) is 7.60. The molecule has 0 bridgehead atoms. The van der Waals surface area contributed by atoms with Crippen LogP contribution in [0, 0.1) is 5.41 Å². The second kappa shape index (κ2) is 5.44. The minimum absolute atomic E-state index is 0.000800. The zero-order chi connectivity index (χ0) is 14.9. The number of rotatable bonds is 3. The lowest BCUT2D eigenvalue weighted by molar-refractivity contribution is -0.116. The predicted molar refractivity (Wildman–Crippen MR) is 81.1 cm³/mol. The highest BCUT2D eigenvalue weighted by atomic mass is 32.2. The quantitative estimate of drug-likeness (QED) is 0.872. The van der Waals surface area contributed by atoms with Gasteiger partial charge in [0.05, 0.1) is 5.69 Å². The maximum Gasteiger partial charge on any atom is 0.218 e. The Morgan fingerprint density at radius 1 is 1.19 bits per heavy atom. The Bertz CT molecular complexity index is 691. The zero-order valence-corrected chi connectivity index (χ0v) is 12.8. The first-order chi connectivity index (χ1) is 10.0. The van der Waals surface area contributed by atoms with Crippen LogP contribution in [0.15, 0.2) is 46.5 Å². The van der Waals surface area contributed by atoms with Crippen LogP contribution >= 0.6 is 11.8 Å². The topological polar surface area (TPSA) is 60.7 Å². The molecule has 5 nitrogen and oxygen atoms in total. The van der Waals surface area contributed by atoms with Crippen molar-refractivity contribution in [3.8, 4) is 5.69 Å². The number of thioether (sulfide) groups is 1. The molecule has 21 heavy (non-hydrogen) atoms. The number of nitrogens with zero attached hydrogens (tertiary/aromatic N) is 4. The number of hydrogen-bond donors (Lipinski definition) is 0. The van der Waals surface area contributed by atoms with Gasteiger partial charge in [-0.3, -0.25) is 4.79 Å². The summed E-state index contributed by atoms with van der Waals surface area (Å²) in [4.78, 5) is 12.8. The molecular weight excluding hydrogens is 284 g/mol. The number of hydrogen-bond acceptors (Lipinski definition) is 5. The second-order valence-corrected chi connectivity index (χ2v) is 7.00. The van der Waals surface area contributed by atoms with Crippen LogP contribution in [0.3, 0.4) is 0 Å². The molecule has 1 heterocycles. The van der Waals surface area contributed by atoms with Gasteiger partial charge in [0.2, 0.25) is 5.16 Å². The van der Waals surface area contributed by atoms with E-state index < -0.39 is 0 Å². The standard InChI is InChI=1S/C15H16N4OS/c1-15(2)9-12(20)8-13(10-15)21-14-16-17-18-19(14)11-6-4-3-5-7-11/h3-8H,9-10H2,1-2H3. The highest BCUT2D eigenvalue weighted by molar-refractivity contribution is 8.03. The smallest absolute Gasteiger partial charge is 0.218 e. The Hall–Kier alpha value is -1.95. The summed E-state index contributed by atoms with van der Waals surface area (Å²) < 4.78 is 1.69. The fraction of sp³-hybridized carbons (Fsp3) is 0.333. The number of benzene rings is 1. The van der Waals surface area contributed by atoms with Crippen LogP contribution in [-0.2, 0) is 4.79 Å². The van der Waals surface area contributed by atoms with Gasteiger partial charge in [-0.2, -0.15) is 4.68 Å². The van der Waals surface area contributed by atoms with E-state index in [0.717, 1.165) is 17.0 Å². The summed E-state index contributed by atoms with van der Waals surface area (Å²) in [5.41, 5.74) is 0.908. The van der Waals surface area contributed by atoms with Gasteiger partial charge in [-0.05, 0) is 45.4 Å². The van der Waals surface area contributed by atoms with Gasteiger partial charge in [0.15, 0.2) is 5.78 Å². The van der Waals surface area contributed by atoms with Gasteiger partial charge in [-0.1, -0.05) is 43.8 Å². The van der Waals surface area contributed by atoms with Crippen LogP contribution in [0.4, 0.5) is 0 Å². The molecule has 1 aromatic heterocycles. The van der Waals surface area contributed by atoms with Gasteiger partial charge in [-0.15, -0.1) is 5.10 Å². The molecule has 3 rings (SSSR count). The molecule has 0 atom stereocenters. The zero-order valence-electron chi connectivity index (χ0n) is 12.0. The first kappa shape index (κ1) is 14.0. The molecule has 0 N–H and O–H groups in total. The minimum Gasteiger partial charge on any atom is -0.295 e. The number of tetrazole rings is 1. The third-order valence-electron chi connectivity index (χ3n) is 3.29. The largest absolute Gasteiger partial charge is 0.295 e. The summed E-state index contributed by atoms with van der Waals surface area (Å²) in [5.74, 6) is 0.174. The SMILES string of the molecule is CC1(C)CC(=O)C=C(Sc2nnnn2-c2ccccc2)C1. The summed E-state index contributed by atoms with van der Waals surface area (Å²) in [6.45, 7) is 4.22. The Kier molecular flexibility index (Phi) is 3.63. The maximum absolute atomic E-state index is 11.8. The molecule has 108 valence electrons. The fourth-order valence-corrected chi connectivity index (χ4v) is 3.64. The average molecular weight is 300 g/mol. The van der Waals surface area contributed by atoms with E-state index in [1.54, 1.807) is 10.8 Å². The van der Waals surface area contributed by atoms with E-state index in [4.69, 9.17) is 0 Å². The fourth-order valence-electron chi connectivity index (χ4n) is 2.44. The molecule has 2 aromatic rings. The van der Waals surface area contributed by atoms with E-state index in [1.807, 2.05) is 30.3 Å². The summed E-state index contributed by atoms with van der Waals surface area (Å²) in [6, 6.07) is 9.73. The Balaban J connectivity index is 1.87. The Morgan fingerprint density at radius 2 is 1.95 bits per heavy atom. The van der Waals surface area contributed by atoms with E-state index in [9.17, 15) is 4.79 Å². The van der Waals surface area contributed by atoms with E-state index >= 15 is 0 Å². The molecule has 0 radical (unpaired) electrons. The lowest BCUT2D eigenvalue weighted by atomic mass is 9.80. The van der Waals surface area contributed by atoms with Gasteiger partial charge in [0.25, 0.3) is 0 Å². The van der Waals surface area contributed by atoms with Gasteiger partial charge in [0, 0.05) is 6.42 Å². The number of para-hydroxylation sites is 1. The van der Waals surface area contributed by atoms with Crippen molar-refractivity contribution in [2.75, 3.05) is 0 Å². The molecule has 0 amide bonds. The predicted octanol–water partition coefficient (Wildman–Crippen LogP) is 3.03. The normalized spacial score (nSPS) is 17.6. The van der Waals surface area contributed by atoms with Crippen molar-refractivity contribution in [3.63, 3.8) is 0 Å². The van der Waals surface area contributed by atoms with E-state index in [2.05, 4.69) is 29.4 Å². The van der Waals surface area contributed by atoms with E-state index in [-0.39, 0.29) is 11.2 Å². The lowest BCUT2D eigenvalue weighted by Crippen LogP contribution is -2.21. The third kappa shape index (κ3) is 3.21. The van der Waals surface area contributed by atoms with Gasteiger partial charge in [-0.25, -0.2) is 0 Å². The first-order valence-electron chi connectivity index (χ1n) is 6.79. The van der Waals surface area contributed by atoms with E-state index in [1.165, 1.54) is 11.8 Å². The van der Waals surface area contributed by atoms with Crippen molar-refractivity contribution in [1.29, 1.82) is 0 Å². The second-order valence-electron chi connectivity index (χ2n) is 5.91. The van der Waals surface area contributed by atoms with Crippen LogP contribution in [0.5, 0.6) is 0 Å². The lowest BCUT2D eigenvalue weighted by Gasteiger charge is -2.28. The number of carbonyl (C=O) groups excluding carboxylic acids is 1. The van der Waals surface area contributed by atoms with Gasteiger partial charge >= 0.3 is 0 Å². The molecule has 1 aromatic carbocycles. The summed E-state index contributed by atoms with van der Waals surface area (Å²) in [5, 5.41) is 12.5. The van der Waals surface area contributed by atoms with Crippen molar-refractivity contribution in [3.05, 3.63) is 41.3 Å². The number of ketones is 1. The number of carbonyl (C=O) groups is 1. The summed E-state index contributed by atoms with van der Waals surface area (Å²) >= 11 is 1.47. The molecule has 1 aliphatic rings. The molecule has 6 heteroatoms. The highest BCUT2D eigenvalue weighted by Gasteiger charge is 2.28. The average Bonchev–Trinajstić information content (AvgIpc) is 2.85. The Labute approximate surface area is 127 Å². The van der Waals surface area contributed by atoms with Gasteiger partial charge in [0.1, 0.15) is 0 Å². The maximum atomic E-state index is 11.8. The molecule has 0 unspecified atom stereocenters. The highest BCUT2D eigenvalue weighted by Crippen LogP contribution is 2.40. The molecule has 0 aliphatic heterocycles. The van der Waals surface area contributed by atoms with Crippen molar-refractivity contribution < 1.29 is 4.79 Å². The number of aromatic nitrogens is 4. The monoisotopic (exact) mass is 300 g/mol. The van der Waals surface area contributed by atoms with Crippen molar-refractivity contribution in [1.82, 2.24) is 20.2 Å². The summed E-state index contributed by atoms with van der Waals surface area (Å²) in [6.07, 6.45) is 3.19. The van der Waals surface area contributed by atoms with Crippen molar-refractivity contribution in [2.24, 2.45) is 5.41 Å². The number of allylic oxidation sites excluding steroid dienone is 2. The minimum atomic E-state index is -0.000800. The molecule has 0 spiro atoms. The van der Waals surface area contributed by atoms with Crippen LogP contribution in [0.2, 0.25) is 0 Å². The molecule has 1 aliphatic carbocycles. The molecular formula is C15H16N4OS. The van der Waals surface area contributed by atoms with Gasteiger partial charge < -0.3 is 0 Å². The van der Waals surface area contributed by atoms with Crippen LogP contribution in [0.25, 0.3) is 5.69 Å². The molecule has 0 fully saturated rings. The van der Waals surface area contributed by atoms with E-state index in [0.29, 0.717) is 11.6 Å². The molecule has 0 saturated carbocycles. The van der Waals surface area contributed by atoms with Crippen LogP contribution in [0.1, 0.15) is 26.7 Å². The van der Waals surface area contributed by atoms with Crippen molar-refractivity contribution in [2.45, 2.75) is 31.8 Å². The molecule has 0 saturated heterocycles. The third-order valence-corrected chi connectivity index (χ3v) is 4.25.